The van der Waals surface area contributed by atoms with E-state index in [4.69, 9.17) is 0 Å². The lowest BCUT2D eigenvalue weighted by Gasteiger charge is -1.83. The molecule has 0 bridgehead atoms. The van der Waals surface area contributed by atoms with Crippen molar-refractivity contribution in [3.05, 3.63) is 26.4 Å². The summed E-state index contributed by atoms with van der Waals surface area (Å²) < 4.78 is 0. The summed E-state index contributed by atoms with van der Waals surface area (Å²) in [7, 11) is 0. The molecule has 9 heavy (non-hydrogen) atoms. The monoisotopic (exact) mass is 142 g/mol. The van der Waals surface area contributed by atoms with Gasteiger partial charge in [-0.15, -0.1) is 11.3 Å². The van der Waals surface area contributed by atoms with Crippen LogP contribution in [0.25, 0.3) is 0 Å². The average molecular weight is 142 g/mol. The first kappa shape index (κ1) is 6.22. The van der Waals surface area contributed by atoms with Gasteiger partial charge in [-0.1, -0.05) is 0 Å². The molecule has 0 spiro atoms. The van der Waals surface area contributed by atoms with Crippen LogP contribution in [0.15, 0.2) is 5.38 Å². The van der Waals surface area contributed by atoms with E-state index in [1.165, 1.54) is 11.3 Å². The molecule has 4 heteroatoms. The Labute approximate surface area is 56.1 Å². The van der Waals surface area contributed by atoms with E-state index in [2.05, 4.69) is 5.38 Å². The van der Waals surface area contributed by atoms with Crippen molar-refractivity contribution in [2.24, 2.45) is 0 Å². The Morgan fingerprint density at radius 3 is 2.78 bits per heavy atom. The first-order valence-electron chi connectivity index (χ1n) is 2.32. The molecule has 0 amide bonds. The van der Waals surface area contributed by atoms with Crippen LogP contribution in [0.5, 0.6) is 0 Å². The molecule has 0 atom stereocenters. The third-order valence-electron chi connectivity index (χ3n) is 0.947. The molecule has 1 aromatic rings. The second-order valence-electron chi connectivity index (χ2n) is 1.63. The predicted octanol–water partition coefficient (Wildman–Crippen LogP) is 1.76. The van der Waals surface area contributed by atoms with E-state index in [0.29, 0.717) is 5.56 Å². The lowest BCUT2D eigenvalue weighted by molar-refractivity contribution is -0.385. The molecule has 0 fully saturated rings. The molecule has 47 valence electrons. The summed E-state index contributed by atoms with van der Waals surface area (Å²) in [6.07, 6.45) is 0. The van der Waals surface area contributed by atoms with Gasteiger partial charge < -0.3 is 0 Å². The van der Waals surface area contributed by atoms with Gasteiger partial charge in [0, 0.05) is 10.9 Å². The molecule has 1 radical (unpaired) electrons. The van der Waals surface area contributed by atoms with Crippen LogP contribution >= 0.6 is 11.3 Å². The van der Waals surface area contributed by atoms with E-state index < -0.39 is 4.92 Å². The summed E-state index contributed by atoms with van der Waals surface area (Å²) in [5, 5.41) is 14.3. The van der Waals surface area contributed by atoms with Crippen molar-refractivity contribution in [2.75, 3.05) is 0 Å². The summed E-state index contributed by atoms with van der Waals surface area (Å²) in [5.74, 6) is 0. The SMILES string of the molecule is Cc1cs[c]c1[N+](=O)[O-]. The Hall–Kier alpha value is -0.900. The van der Waals surface area contributed by atoms with Crippen LogP contribution in [0.4, 0.5) is 5.69 Å². The number of hydrogen-bond donors (Lipinski definition) is 0. The fourth-order valence-corrected chi connectivity index (χ4v) is 1.19. The summed E-state index contributed by atoms with van der Waals surface area (Å²) in [4.78, 5) is 9.64. The molecule has 0 N–H and O–H groups in total. The third kappa shape index (κ3) is 1.08. The third-order valence-corrected chi connectivity index (χ3v) is 1.73. The van der Waals surface area contributed by atoms with Crippen LogP contribution in [0.2, 0.25) is 0 Å². The topological polar surface area (TPSA) is 43.1 Å². The fraction of sp³-hybridized carbons (Fsp3) is 0.200. The smallest absolute Gasteiger partial charge is 0.258 e. The maximum absolute atomic E-state index is 10.1. The Morgan fingerprint density at radius 1 is 1.89 bits per heavy atom. The van der Waals surface area contributed by atoms with Gasteiger partial charge in [0.2, 0.25) is 0 Å². The molecule has 0 unspecified atom stereocenters. The van der Waals surface area contributed by atoms with Crippen molar-refractivity contribution in [3.8, 4) is 0 Å². The second kappa shape index (κ2) is 2.14. The Morgan fingerprint density at radius 2 is 2.56 bits per heavy atom. The zero-order valence-corrected chi connectivity index (χ0v) is 5.57. The van der Waals surface area contributed by atoms with Crippen molar-refractivity contribution in [1.82, 2.24) is 0 Å². The van der Waals surface area contributed by atoms with Gasteiger partial charge in [-0.2, -0.15) is 0 Å². The standard InChI is InChI=1S/C5H4NO2S/c1-4-2-9-3-5(4)6(7)8/h2H,1H3. The van der Waals surface area contributed by atoms with E-state index in [0.717, 1.165) is 0 Å². The zero-order valence-electron chi connectivity index (χ0n) is 4.75. The van der Waals surface area contributed by atoms with Crippen LogP contribution < -0.4 is 0 Å². The number of hydrogen-bond acceptors (Lipinski definition) is 3. The van der Waals surface area contributed by atoms with E-state index in [1.54, 1.807) is 12.3 Å². The first-order chi connectivity index (χ1) is 4.22. The zero-order chi connectivity index (χ0) is 6.85. The molecule has 0 saturated heterocycles. The number of aryl methyl sites for hydroxylation is 1. The summed E-state index contributed by atoms with van der Waals surface area (Å²) in [6, 6.07) is 0. The van der Waals surface area contributed by atoms with Gasteiger partial charge in [-0.25, -0.2) is 0 Å². The Bertz CT molecular complexity index is 231. The quantitative estimate of drug-likeness (QED) is 0.443. The summed E-state index contributed by atoms with van der Waals surface area (Å²) in [5.41, 5.74) is 0.782. The molecule has 0 aromatic carbocycles. The van der Waals surface area contributed by atoms with Crippen molar-refractivity contribution in [3.63, 3.8) is 0 Å². The Kier molecular flexibility index (Phi) is 1.48. The molecule has 0 aliphatic heterocycles. The molecule has 1 aromatic heterocycles. The highest BCUT2D eigenvalue weighted by atomic mass is 32.1. The van der Waals surface area contributed by atoms with Crippen molar-refractivity contribution in [2.45, 2.75) is 6.92 Å². The van der Waals surface area contributed by atoms with Gasteiger partial charge in [-0.05, 0) is 6.92 Å². The van der Waals surface area contributed by atoms with Gasteiger partial charge in [0.1, 0.15) is 5.38 Å². The lowest BCUT2D eigenvalue weighted by Crippen LogP contribution is -1.85. The lowest BCUT2D eigenvalue weighted by atomic mass is 10.3. The normalized spacial score (nSPS) is 9.44. The number of rotatable bonds is 1. The average Bonchev–Trinajstić information content (AvgIpc) is 2.13. The maximum atomic E-state index is 10.1. The fourth-order valence-electron chi connectivity index (χ4n) is 0.491. The van der Waals surface area contributed by atoms with E-state index in [1.807, 2.05) is 0 Å². The summed E-state index contributed by atoms with van der Waals surface area (Å²) >= 11 is 1.23. The van der Waals surface area contributed by atoms with Crippen molar-refractivity contribution < 1.29 is 4.92 Å². The second-order valence-corrected chi connectivity index (χ2v) is 2.30. The number of thiophene rings is 1. The van der Waals surface area contributed by atoms with Gasteiger partial charge in [0.05, 0.1) is 4.92 Å². The largest absolute Gasteiger partial charge is 0.291 e. The molecule has 1 rings (SSSR count). The van der Waals surface area contributed by atoms with Crippen molar-refractivity contribution in [1.29, 1.82) is 0 Å². The molecule has 0 aliphatic carbocycles. The van der Waals surface area contributed by atoms with Crippen LogP contribution in [0.3, 0.4) is 0 Å². The molecule has 1 heterocycles. The highest BCUT2D eigenvalue weighted by molar-refractivity contribution is 7.07. The van der Waals surface area contributed by atoms with E-state index >= 15 is 0 Å². The highest BCUT2D eigenvalue weighted by Crippen LogP contribution is 2.20. The maximum Gasteiger partial charge on any atom is 0.291 e. The van der Waals surface area contributed by atoms with Crippen molar-refractivity contribution >= 4 is 17.0 Å². The minimum atomic E-state index is -0.425. The van der Waals surface area contributed by atoms with Crippen LogP contribution in [-0.2, 0) is 0 Å². The van der Waals surface area contributed by atoms with Crippen LogP contribution in [-0.4, -0.2) is 4.92 Å². The van der Waals surface area contributed by atoms with E-state index in [-0.39, 0.29) is 5.69 Å². The van der Waals surface area contributed by atoms with Gasteiger partial charge >= 0.3 is 0 Å². The molecule has 0 saturated carbocycles. The van der Waals surface area contributed by atoms with E-state index in [9.17, 15) is 10.1 Å². The van der Waals surface area contributed by atoms with Gasteiger partial charge in [-0.3, -0.25) is 10.1 Å². The molecular formula is C5H4NO2S. The predicted molar refractivity (Wildman–Crippen MR) is 34.5 cm³/mol. The number of nitro groups is 1. The summed E-state index contributed by atoms with van der Waals surface area (Å²) in [6.45, 7) is 1.70. The highest BCUT2D eigenvalue weighted by Gasteiger charge is 2.09. The minimum absolute atomic E-state index is 0.0972. The first-order valence-corrected chi connectivity index (χ1v) is 3.20. The molecule has 0 aliphatic rings. The number of nitrogens with zero attached hydrogens (tertiary/aromatic N) is 1. The molecular weight excluding hydrogens is 138 g/mol. The minimum Gasteiger partial charge on any atom is -0.258 e. The van der Waals surface area contributed by atoms with Crippen LogP contribution in [0, 0.1) is 22.4 Å². The Balaban J connectivity index is 3.08. The van der Waals surface area contributed by atoms with Crippen LogP contribution in [0.1, 0.15) is 5.56 Å². The molecule has 3 nitrogen and oxygen atoms in total. The van der Waals surface area contributed by atoms with Gasteiger partial charge in [0.25, 0.3) is 5.69 Å². The van der Waals surface area contributed by atoms with Gasteiger partial charge in [0.15, 0.2) is 0 Å².